The van der Waals surface area contributed by atoms with Gasteiger partial charge in [-0.15, -0.1) is 0 Å². The van der Waals surface area contributed by atoms with Gasteiger partial charge in [-0.3, -0.25) is 9.59 Å². The number of hydrogen-bond donors (Lipinski definition) is 1. The van der Waals surface area contributed by atoms with E-state index in [4.69, 9.17) is 5.11 Å². The maximum absolute atomic E-state index is 11.0. The van der Waals surface area contributed by atoms with Crippen molar-refractivity contribution in [3.63, 3.8) is 0 Å². The monoisotopic (exact) mass is 170 g/mol. The Labute approximate surface area is 72.1 Å². The SMILES string of the molecule is CC(C)C(=O)/C=C/CCC(=O)O. The topological polar surface area (TPSA) is 54.4 Å². The normalized spacial score (nSPS) is 10.9. The van der Waals surface area contributed by atoms with Crippen LogP contribution in [-0.2, 0) is 9.59 Å². The van der Waals surface area contributed by atoms with Crippen molar-refractivity contribution >= 4 is 11.8 Å². The molecule has 0 spiro atoms. The van der Waals surface area contributed by atoms with Gasteiger partial charge in [0.25, 0.3) is 0 Å². The van der Waals surface area contributed by atoms with E-state index in [1.54, 1.807) is 6.08 Å². The molecule has 0 rings (SSSR count). The van der Waals surface area contributed by atoms with Crippen LogP contribution in [0.4, 0.5) is 0 Å². The highest BCUT2D eigenvalue weighted by Gasteiger charge is 2.01. The van der Waals surface area contributed by atoms with Crippen LogP contribution in [0.5, 0.6) is 0 Å². The second-order valence-electron chi connectivity index (χ2n) is 2.89. The summed E-state index contributed by atoms with van der Waals surface area (Å²) in [5.41, 5.74) is 0. The minimum absolute atomic E-state index is 0.00826. The summed E-state index contributed by atoms with van der Waals surface area (Å²) in [6.07, 6.45) is 3.57. The van der Waals surface area contributed by atoms with Gasteiger partial charge >= 0.3 is 5.97 Å². The Morgan fingerprint density at radius 1 is 1.42 bits per heavy atom. The maximum Gasteiger partial charge on any atom is 0.303 e. The first-order chi connectivity index (χ1) is 5.54. The number of carbonyl (C=O) groups excluding carboxylic acids is 1. The summed E-state index contributed by atoms with van der Waals surface area (Å²) in [6, 6.07) is 0. The molecule has 0 saturated carbocycles. The van der Waals surface area contributed by atoms with Crippen molar-refractivity contribution in [1.29, 1.82) is 0 Å². The van der Waals surface area contributed by atoms with E-state index >= 15 is 0 Å². The van der Waals surface area contributed by atoms with Gasteiger partial charge in [0.2, 0.25) is 0 Å². The summed E-state index contributed by atoms with van der Waals surface area (Å²) in [5.74, 6) is -0.803. The Bertz CT molecular complexity index is 192. The number of aliphatic carboxylic acids is 1. The van der Waals surface area contributed by atoms with E-state index in [2.05, 4.69) is 0 Å². The molecule has 0 unspecified atom stereocenters. The van der Waals surface area contributed by atoms with Crippen molar-refractivity contribution in [1.82, 2.24) is 0 Å². The predicted molar refractivity (Wildman–Crippen MR) is 45.9 cm³/mol. The zero-order valence-electron chi connectivity index (χ0n) is 7.41. The minimum atomic E-state index is -0.836. The molecule has 0 aliphatic heterocycles. The largest absolute Gasteiger partial charge is 0.481 e. The third-order valence-electron chi connectivity index (χ3n) is 1.38. The molecule has 0 heterocycles. The van der Waals surface area contributed by atoms with E-state index in [9.17, 15) is 9.59 Å². The average molecular weight is 170 g/mol. The molecule has 1 N–H and O–H groups in total. The lowest BCUT2D eigenvalue weighted by molar-refractivity contribution is -0.136. The van der Waals surface area contributed by atoms with Crippen LogP contribution in [0.3, 0.4) is 0 Å². The summed E-state index contributed by atoms with van der Waals surface area (Å²) in [4.78, 5) is 21.0. The first kappa shape index (κ1) is 10.9. The van der Waals surface area contributed by atoms with Crippen molar-refractivity contribution in [2.24, 2.45) is 5.92 Å². The zero-order chi connectivity index (χ0) is 9.56. The van der Waals surface area contributed by atoms with Crippen molar-refractivity contribution in [3.05, 3.63) is 12.2 Å². The predicted octanol–water partition coefficient (Wildman–Crippen LogP) is 1.63. The van der Waals surface area contributed by atoms with E-state index in [1.165, 1.54) is 6.08 Å². The lowest BCUT2D eigenvalue weighted by Gasteiger charge is -1.95. The number of carboxylic acid groups (broad SMARTS) is 1. The van der Waals surface area contributed by atoms with Crippen molar-refractivity contribution < 1.29 is 14.7 Å². The molecule has 12 heavy (non-hydrogen) atoms. The van der Waals surface area contributed by atoms with Gasteiger partial charge in [0.15, 0.2) is 5.78 Å². The van der Waals surface area contributed by atoms with Crippen molar-refractivity contribution in [2.75, 3.05) is 0 Å². The molecule has 3 nitrogen and oxygen atoms in total. The molecule has 0 radical (unpaired) electrons. The summed E-state index contributed by atoms with van der Waals surface area (Å²) >= 11 is 0. The quantitative estimate of drug-likeness (QED) is 0.638. The van der Waals surface area contributed by atoms with Crippen LogP contribution in [0.25, 0.3) is 0 Å². The first-order valence-corrected chi connectivity index (χ1v) is 3.96. The van der Waals surface area contributed by atoms with E-state index in [1.807, 2.05) is 13.8 Å². The molecule has 0 aromatic rings. The number of rotatable bonds is 5. The Kier molecular flexibility index (Phi) is 5.00. The first-order valence-electron chi connectivity index (χ1n) is 3.96. The molecule has 0 atom stereocenters. The molecule has 0 aromatic carbocycles. The van der Waals surface area contributed by atoms with Gasteiger partial charge in [-0.2, -0.15) is 0 Å². The van der Waals surface area contributed by atoms with Gasteiger partial charge in [-0.1, -0.05) is 19.9 Å². The third-order valence-corrected chi connectivity index (χ3v) is 1.38. The van der Waals surface area contributed by atoms with Gasteiger partial charge in [-0.05, 0) is 12.5 Å². The molecule has 0 aliphatic carbocycles. The smallest absolute Gasteiger partial charge is 0.303 e. The van der Waals surface area contributed by atoms with Crippen LogP contribution >= 0.6 is 0 Å². The number of hydrogen-bond acceptors (Lipinski definition) is 2. The fourth-order valence-electron chi connectivity index (χ4n) is 0.599. The second-order valence-corrected chi connectivity index (χ2v) is 2.89. The molecule has 3 heteroatoms. The van der Waals surface area contributed by atoms with Gasteiger partial charge in [0.1, 0.15) is 0 Å². The summed E-state index contributed by atoms with van der Waals surface area (Å²) in [5, 5.41) is 8.27. The van der Waals surface area contributed by atoms with E-state index in [-0.39, 0.29) is 18.1 Å². The third kappa shape index (κ3) is 5.65. The molecular weight excluding hydrogens is 156 g/mol. The number of allylic oxidation sites excluding steroid dienone is 2. The van der Waals surface area contributed by atoms with Crippen LogP contribution in [0.2, 0.25) is 0 Å². The highest BCUT2D eigenvalue weighted by atomic mass is 16.4. The van der Waals surface area contributed by atoms with Crippen LogP contribution in [0.1, 0.15) is 26.7 Å². The van der Waals surface area contributed by atoms with Crippen LogP contribution < -0.4 is 0 Å². The minimum Gasteiger partial charge on any atom is -0.481 e. The summed E-state index contributed by atoms with van der Waals surface area (Å²) in [7, 11) is 0. The highest BCUT2D eigenvalue weighted by molar-refractivity contribution is 5.91. The molecule has 0 aromatic heterocycles. The number of carboxylic acids is 1. The summed E-state index contributed by atoms with van der Waals surface area (Å²) in [6.45, 7) is 3.62. The summed E-state index contributed by atoms with van der Waals surface area (Å²) < 4.78 is 0. The molecule has 0 aliphatic rings. The van der Waals surface area contributed by atoms with E-state index in [0.717, 1.165) is 0 Å². The van der Waals surface area contributed by atoms with Crippen molar-refractivity contribution in [2.45, 2.75) is 26.7 Å². The van der Waals surface area contributed by atoms with Gasteiger partial charge in [0, 0.05) is 12.3 Å². The zero-order valence-corrected chi connectivity index (χ0v) is 7.41. The number of ketones is 1. The second kappa shape index (κ2) is 5.52. The molecule has 0 amide bonds. The Hall–Kier alpha value is -1.12. The van der Waals surface area contributed by atoms with Crippen LogP contribution in [-0.4, -0.2) is 16.9 Å². The Balaban J connectivity index is 3.62. The molecular formula is C9H14O3. The molecule has 0 fully saturated rings. The van der Waals surface area contributed by atoms with Crippen LogP contribution in [0.15, 0.2) is 12.2 Å². The molecule has 68 valence electrons. The Morgan fingerprint density at radius 2 is 2.00 bits per heavy atom. The highest BCUT2D eigenvalue weighted by Crippen LogP contribution is 1.97. The standard InChI is InChI=1S/C9H14O3/c1-7(2)8(10)5-3-4-6-9(11)12/h3,5,7H,4,6H2,1-2H3,(H,11,12)/b5-3+. The van der Waals surface area contributed by atoms with Gasteiger partial charge in [0.05, 0.1) is 0 Å². The lowest BCUT2D eigenvalue weighted by Crippen LogP contribution is -2.02. The van der Waals surface area contributed by atoms with Gasteiger partial charge < -0.3 is 5.11 Å². The fourth-order valence-corrected chi connectivity index (χ4v) is 0.599. The molecule has 0 bridgehead atoms. The Morgan fingerprint density at radius 3 is 2.42 bits per heavy atom. The van der Waals surface area contributed by atoms with E-state index < -0.39 is 5.97 Å². The van der Waals surface area contributed by atoms with E-state index in [0.29, 0.717) is 6.42 Å². The van der Waals surface area contributed by atoms with Crippen molar-refractivity contribution in [3.8, 4) is 0 Å². The fraction of sp³-hybridized carbons (Fsp3) is 0.556. The lowest BCUT2D eigenvalue weighted by atomic mass is 10.1. The van der Waals surface area contributed by atoms with Crippen LogP contribution in [0, 0.1) is 5.92 Å². The molecule has 0 saturated heterocycles. The number of carbonyl (C=O) groups is 2. The average Bonchev–Trinajstić information content (AvgIpc) is 1.97. The van der Waals surface area contributed by atoms with Gasteiger partial charge in [-0.25, -0.2) is 0 Å². The maximum atomic E-state index is 11.0.